The number of nitrogens with one attached hydrogen (secondary N) is 1. The zero-order valence-electron chi connectivity index (χ0n) is 12.9. The van der Waals surface area contributed by atoms with E-state index >= 15 is 0 Å². The lowest BCUT2D eigenvalue weighted by atomic mass is 9.78. The highest BCUT2D eigenvalue weighted by molar-refractivity contribution is 5.82. The first-order chi connectivity index (χ1) is 9.67. The Labute approximate surface area is 123 Å². The molecule has 1 fully saturated rings. The first-order valence-corrected chi connectivity index (χ1v) is 7.96. The molecule has 0 bridgehead atoms. The van der Waals surface area contributed by atoms with Gasteiger partial charge in [0.1, 0.15) is 5.78 Å². The minimum atomic E-state index is 0.0681. The van der Waals surface area contributed by atoms with Crippen molar-refractivity contribution < 1.29 is 4.79 Å². The number of hydrogen-bond acceptors (Lipinski definition) is 2. The third-order valence-electron chi connectivity index (χ3n) is 4.71. The fourth-order valence-electron chi connectivity index (χ4n) is 3.30. The Balaban J connectivity index is 1.93. The van der Waals surface area contributed by atoms with Crippen LogP contribution in [0.2, 0.25) is 0 Å². The van der Waals surface area contributed by atoms with Gasteiger partial charge in [0.05, 0.1) is 0 Å². The van der Waals surface area contributed by atoms with Crippen molar-refractivity contribution in [1.29, 1.82) is 0 Å². The summed E-state index contributed by atoms with van der Waals surface area (Å²) < 4.78 is 0. The predicted octanol–water partition coefficient (Wildman–Crippen LogP) is 3.67. The van der Waals surface area contributed by atoms with Crippen LogP contribution < -0.4 is 5.32 Å². The Morgan fingerprint density at radius 3 is 2.25 bits per heavy atom. The van der Waals surface area contributed by atoms with Gasteiger partial charge in [0.25, 0.3) is 0 Å². The van der Waals surface area contributed by atoms with Crippen LogP contribution in [0.1, 0.15) is 56.6 Å². The summed E-state index contributed by atoms with van der Waals surface area (Å²) in [4.78, 5) is 12.4. The quantitative estimate of drug-likeness (QED) is 0.856. The SMILES string of the molecule is CCc1ccc(CC(=O)CC2(NC)CCCCC2)cc1. The van der Waals surface area contributed by atoms with Crippen LogP contribution in [0.5, 0.6) is 0 Å². The van der Waals surface area contributed by atoms with E-state index in [4.69, 9.17) is 0 Å². The largest absolute Gasteiger partial charge is 0.314 e. The third-order valence-corrected chi connectivity index (χ3v) is 4.71. The van der Waals surface area contributed by atoms with Gasteiger partial charge >= 0.3 is 0 Å². The number of ketones is 1. The molecule has 1 aliphatic rings. The molecule has 2 rings (SSSR count). The van der Waals surface area contributed by atoms with Crippen molar-refractivity contribution in [3.8, 4) is 0 Å². The lowest BCUT2D eigenvalue weighted by Gasteiger charge is -2.36. The fraction of sp³-hybridized carbons (Fsp3) is 0.611. The maximum absolute atomic E-state index is 12.4. The van der Waals surface area contributed by atoms with Gasteiger partial charge in [-0.05, 0) is 37.4 Å². The number of carbonyl (C=O) groups excluding carboxylic acids is 1. The molecule has 0 spiro atoms. The van der Waals surface area contributed by atoms with E-state index in [2.05, 4.69) is 36.5 Å². The van der Waals surface area contributed by atoms with Crippen LogP contribution in [-0.2, 0) is 17.6 Å². The molecule has 0 atom stereocenters. The molecule has 1 saturated carbocycles. The summed E-state index contributed by atoms with van der Waals surface area (Å²) in [6.07, 6.45) is 8.41. The van der Waals surface area contributed by atoms with E-state index in [1.807, 2.05) is 7.05 Å². The highest BCUT2D eigenvalue weighted by Gasteiger charge is 2.32. The monoisotopic (exact) mass is 273 g/mol. The molecule has 2 heteroatoms. The van der Waals surface area contributed by atoms with Crippen LogP contribution in [0.3, 0.4) is 0 Å². The Morgan fingerprint density at radius 2 is 1.70 bits per heavy atom. The zero-order chi connectivity index (χ0) is 14.4. The summed E-state index contributed by atoms with van der Waals surface area (Å²) in [5.41, 5.74) is 2.55. The van der Waals surface area contributed by atoms with Gasteiger partial charge in [-0.3, -0.25) is 4.79 Å². The molecular formula is C18H27NO. The minimum absolute atomic E-state index is 0.0681. The van der Waals surface area contributed by atoms with E-state index in [0.717, 1.165) is 24.8 Å². The zero-order valence-corrected chi connectivity index (χ0v) is 12.9. The molecule has 0 heterocycles. The maximum atomic E-state index is 12.4. The standard InChI is InChI=1S/C18H27NO/c1-3-15-7-9-16(10-8-15)13-17(20)14-18(19-2)11-5-4-6-12-18/h7-10,19H,3-6,11-14H2,1-2H3. The topological polar surface area (TPSA) is 29.1 Å². The van der Waals surface area contributed by atoms with Crippen molar-refractivity contribution in [3.63, 3.8) is 0 Å². The smallest absolute Gasteiger partial charge is 0.139 e. The van der Waals surface area contributed by atoms with Gasteiger partial charge in [0, 0.05) is 18.4 Å². The predicted molar refractivity (Wildman–Crippen MR) is 84.0 cm³/mol. The van der Waals surface area contributed by atoms with Gasteiger partial charge in [0.2, 0.25) is 0 Å². The fourth-order valence-corrected chi connectivity index (χ4v) is 3.30. The van der Waals surface area contributed by atoms with Gasteiger partial charge in [-0.2, -0.15) is 0 Å². The molecule has 20 heavy (non-hydrogen) atoms. The second-order valence-corrected chi connectivity index (χ2v) is 6.15. The molecule has 0 aliphatic heterocycles. The summed E-state index contributed by atoms with van der Waals surface area (Å²) in [5, 5.41) is 3.43. The Morgan fingerprint density at radius 1 is 1.10 bits per heavy atom. The number of benzene rings is 1. The molecule has 0 aromatic heterocycles. The highest BCUT2D eigenvalue weighted by atomic mass is 16.1. The van der Waals surface area contributed by atoms with Crippen LogP contribution >= 0.6 is 0 Å². The Hall–Kier alpha value is -1.15. The average molecular weight is 273 g/mol. The molecule has 0 unspecified atom stereocenters. The lowest BCUT2D eigenvalue weighted by molar-refractivity contribution is -0.120. The van der Waals surface area contributed by atoms with E-state index in [1.54, 1.807) is 0 Å². The van der Waals surface area contributed by atoms with Gasteiger partial charge in [0.15, 0.2) is 0 Å². The van der Waals surface area contributed by atoms with Crippen molar-refractivity contribution in [2.45, 2.75) is 63.8 Å². The summed E-state index contributed by atoms with van der Waals surface area (Å²) in [6, 6.07) is 8.47. The van der Waals surface area contributed by atoms with E-state index < -0.39 is 0 Å². The van der Waals surface area contributed by atoms with Crippen LogP contribution in [-0.4, -0.2) is 18.4 Å². The molecule has 1 N–H and O–H groups in total. The van der Waals surface area contributed by atoms with E-state index in [9.17, 15) is 4.79 Å². The summed E-state index contributed by atoms with van der Waals surface area (Å²) >= 11 is 0. The number of Topliss-reactive ketones (excluding diaryl/α,β-unsaturated/α-hetero) is 1. The molecule has 1 aliphatic carbocycles. The molecule has 110 valence electrons. The van der Waals surface area contributed by atoms with Crippen LogP contribution in [0.4, 0.5) is 0 Å². The first-order valence-electron chi connectivity index (χ1n) is 7.96. The maximum Gasteiger partial charge on any atom is 0.139 e. The molecule has 1 aromatic rings. The number of hydrogen-bond donors (Lipinski definition) is 1. The second-order valence-electron chi connectivity index (χ2n) is 6.15. The van der Waals surface area contributed by atoms with Crippen molar-refractivity contribution in [2.75, 3.05) is 7.05 Å². The van der Waals surface area contributed by atoms with E-state index in [-0.39, 0.29) is 5.54 Å². The highest BCUT2D eigenvalue weighted by Crippen LogP contribution is 2.31. The molecular weight excluding hydrogens is 246 g/mol. The molecule has 0 radical (unpaired) electrons. The first kappa shape index (κ1) is 15.2. The molecule has 0 saturated heterocycles. The minimum Gasteiger partial charge on any atom is -0.314 e. The van der Waals surface area contributed by atoms with Crippen LogP contribution in [0.25, 0.3) is 0 Å². The van der Waals surface area contributed by atoms with Gasteiger partial charge in [-0.15, -0.1) is 0 Å². The Bertz CT molecular complexity index is 429. The number of carbonyl (C=O) groups is 1. The molecule has 0 amide bonds. The van der Waals surface area contributed by atoms with Crippen molar-refractivity contribution >= 4 is 5.78 Å². The number of aryl methyl sites for hydroxylation is 1. The van der Waals surface area contributed by atoms with E-state index in [0.29, 0.717) is 18.6 Å². The molecule has 1 aromatic carbocycles. The summed E-state index contributed by atoms with van der Waals surface area (Å²) in [5.74, 6) is 0.366. The molecule has 2 nitrogen and oxygen atoms in total. The second kappa shape index (κ2) is 7.03. The van der Waals surface area contributed by atoms with Crippen molar-refractivity contribution in [2.24, 2.45) is 0 Å². The lowest BCUT2D eigenvalue weighted by Crippen LogP contribution is -2.46. The van der Waals surface area contributed by atoms with E-state index in [1.165, 1.54) is 24.8 Å². The van der Waals surface area contributed by atoms with Crippen LogP contribution in [0.15, 0.2) is 24.3 Å². The third kappa shape index (κ3) is 3.92. The van der Waals surface area contributed by atoms with Crippen molar-refractivity contribution in [1.82, 2.24) is 5.32 Å². The van der Waals surface area contributed by atoms with Gasteiger partial charge in [-0.25, -0.2) is 0 Å². The van der Waals surface area contributed by atoms with Crippen LogP contribution in [0, 0.1) is 0 Å². The Kier molecular flexibility index (Phi) is 5.36. The summed E-state index contributed by atoms with van der Waals surface area (Å²) in [7, 11) is 2.01. The summed E-state index contributed by atoms with van der Waals surface area (Å²) in [6.45, 7) is 2.15. The van der Waals surface area contributed by atoms with Gasteiger partial charge < -0.3 is 5.32 Å². The van der Waals surface area contributed by atoms with Crippen molar-refractivity contribution in [3.05, 3.63) is 35.4 Å². The average Bonchev–Trinajstić information content (AvgIpc) is 2.49. The van der Waals surface area contributed by atoms with Gasteiger partial charge in [-0.1, -0.05) is 50.5 Å². The number of rotatable bonds is 6. The normalized spacial score (nSPS) is 17.9.